The first-order valence-corrected chi connectivity index (χ1v) is 10.0. The average Bonchev–Trinajstić information content (AvgIpc) is 3.18. The molecule has 0 aliphatic carbocycles. The van der Waals surface area contributed by atoms with Crippen molar-refractivity contribution in [3.05, 3.63) is 65.3 Å². The number of nitrogens with one attached hydrogen (secondary N) is 1. The van der Waals surface area contributed by atoms with Crippen LogP contribution < -0.4 is 4.90 Å². The number of amides is 2. The fourth-order valence-corrected chi connectivity index (χ4v) is 3.82. The number of nitrogens with zero attached hydrogens (tertiary/aromatic N) is 3. The van der Waals surface area contributed by atoms with Crippen LogP contribution in [0.25, 0.3) is 10.9 Å². The molecule has 2 heterocycles. The third-order valence-corrected chi connectivity index (χ3v) is 5.61. The van der Waals surface area contributed by atoms with Crippen LogP contribution in [-0.2, 0) is 4.79 Å². The van der Waals surface area contributed by atoms with E-state index in [1.165, 1.54) is 4.90 Å². The summed E-state index contributed by atoms with van der Waals surface area (Å²) in [6.45, 7) is 2.85. The molecule has 2 aromatic carbocycles. The summed E-state index contributed by atoms with van der Waals surface area (Å²) in [7, 11) is 1.67. The van der Waals surface area contributed by atoms with Crippen molar-refractivity contribution in [3.63, 3.8) is 0 Å². The quantitative estimate of drug-likeness (QED) is 0.718. The van der Waals surface area contributed by atoms with Gasteiger partial charge >= 0.3 is 0 Å². The Labute approximate surface area is 174 Å². The summed E-state index contributed by atoms with van der Waals surface area (Å²) in [5.74, 6) is -0.188. The Balaban J connectivity index is 1.34. The number of hydrogen-bond donors (Lipinski definition) is 1. The Morgan fingerprint density at radius 3 is 2.45 bits per heavy atom. The van der Waals surface area contributed by atoms with Crippen LogP contribution in [0.15, 0.2) is 54.7 Å². The summed E-state index contributed by atoms with van der Waals surface area (Å²) in [5.41, 5.74) is 2.60. The molecule has 1 fully saturated rings. The lowest BCUT2D eigenvalue weighted by Gasteiger charge is -2.36. The van der Waals surface area contributed by atoms with Crippen molar-refractivity contribution in [2.24, 2.45) is 0 Å². The van der Waals surface area contributed by atoms with Crippen molar-refractivity contribution in [2.75, 3.05) is 44.7 Å². The summed E-state index contributed by atoms with van der Waals surface area (Å²) in [6.07, 6.45) is 1.71. The highest BCUT2D eigenvalue weighted by Crippen LogP contribution is 2.21. The zero-order valence-electron chi connectivity index (χ0n) is 16.3. The van der Waals surface area contributed by atoms with Crippen LogP contribution in [0.2, 0.25) is 5.02 Å². The van der Waals surface area contributed by atoms with E-state index in [1.54, 1.807) is 13.2 Å². The monoisotopic (exact) mass is 410 g/mol. The van der Waals surface area contributed by atoms with E-state index >= 15 is 0 Å². The van der Waals surface area contributed by atoms with E-state index in [1.807, 2.05) is 53.4 Å². The molecule has 29 heavy (non-hydrogen) atoms. The summed E-state index contributed by atoms with van der Waals surface area (Å²) in [6, 6.07) is 15.4. The number of likely N-dealkylation sites (N-methyl/N-ethyl adjacent to an activating group) is 1. The summed E-state index contributed by atoms with van der Waals surface area (Å²) in [4.78, 5) is 34.2. The number of piperazine rings is 1. The standard InChI is InChI=1S/C22H23ClN4O2/c1-25(22(29)19-14-24-20-5-3-2-4-18(19)20)15-21(28)27-12-10-26(11-13-27)17-8-6-16(23)7-9-17/h2-9,14,24H,10-13,15H2,1H3. The number of halogens is 1. The zero-order valence-corrected chi connectivity index (χ0v) is 17.0. The van der Waals surface area contributed by atoms with Gasteiger partial charge in [-0.2, -0.15) is 0 Å². The molecule has 1 saturated heterocycles. The predicted octanol–water partition coefficient (Wildman–Crippen LogP) is 3.24. The number of hydrogen-bond acceptors (Lipinski definition) is 3. The largest absolute Gasteiger partial charge is 0.368 e. The predicted molar refractivity (Wildman–Crippen MR) is 116 cm³/mol. The van der Waals surface area contributed by atoms with Crippen molar-refractivity contribution in [2.45, 2.75) is 0 Å². The first-order chi connectivity index (χ1) is 14.0. The minimum absolute atomic E-state index is 0.0311. The molecule has 7 heteroatoms. The van der Waals surface area contributed by atoms with E-state index in [2.05, 4.69) is 9.88 Å². The Hall–Kier alpha value is -2.99. The maximum absolute atomic E-state index is 12.8. The molecule has 0 unspecified atom stereocenters. The van der Waals surface area contributed by atoms with E-state index in [0.717, 1.165) is 29.7 Å². The van der Waals surface area contributed by atoms with Crippen LogP contribution in [0.4, 0.5) is 5.69 Å². The van der Waals surface area contributed by atoms with Crippen molar-refractivity contribution < 1.29 is 9.59 Å². The number of carbonyl (C=O) groups excluding carboxylic acids is 2. The molecule has 1 aromatic heterocycles. The lowest BCUT2D eigenvalue weighted by Crippen LogP contribution is -2.51. The van der Waals surface area contributed by atoms with Crippen molar-refractivity contribution >= 4 is 40.0 Å². The lowest BCUT2D eigenvalue weighted by atomic mass is 10.1. The van der Waals surface area contributed by atoms with Gasteiger partial charge in [-0.1, -0.05) is 29.8 Å². The number of rotatable bonds is 4. The Morgan fingerprint density at radius 2 is 1.72 bits per heavy atom. The third-order valence-electron chi connectivity index (χ3n) is 5.36. The minimum atomic E-state index is -0.157. The molecular weight excluding hydrogens is 388 g/mol. The highest BCUT2D eigenvalue weighted by atomic mass is 35.5. The molecule has 2 amide bonds. The first-order valence-electron chi connectivity index (χ1n) is 9.63. The van der Waals surface area contributed by atoms with Gasteiger partial charge in [0.05, 0.1) is 12.1 Å². The Bertz CT molecular complexity index is 1020. The van der Waals surface area contributed by atoms with Crippen LogP contribution in [-0.4, -0.2) is 66.4 Å². The number of aromatic nitrogens is 1. The number of benzene rings is 2. The number of H-pyrrole nitrogens is 1. The number of aromatic amines is 1. The summed E-state index contributed by atoms with van der Waals surface area (Å²) < 4.78 is 0. The van der Waals surface area contributed by atoms with Crippen LogP contribution in [0.1, 0.15) is 10.4 Å². The summed E-state index contributed by atoms with van der Waals surface area (Å²) >= 11 is 5.95. The third kappa shape index (κ3) is 4.07. The number of anilines is 1. The SMILES string of the molecule is CN(CC(=O)N1CCN(c2ccc(Cl)cc2)CC1)C(=O)c1c[nH]c2ccccc12. The maximum atomic E-state index is 12.8. The second-order valence-corrected chi connectivity index (χ2v) is 7.69. The molecule has 1 aliphatic heterocycles. The highest BCUT2D eigenvalue weighted by Gasteiger charge is 2.24. The highest BCUT2D eigenvalue weighted by molar-refractivity contribution is 6.30. The number of carbonyl (C=O) groups is 2. The molecule has 3 aromatic rings. The van der Waals surface area contributed by atoms with Gasteiger partial charge in [-0.05, 0) is 30.3 Å². The van der Waals surface area contributed by atoms with Gasteiger partial charge in [0, 0.05) is 61.0 Å². The molecule has 0 atom stereocenters. The van der Waals surface area contributed by atoms with Crippen LogP contribution in [0, 0.1) is 0 Å². The van der Waals surface area contributed by atoms with E-state index in [9.17, 15) is 9.59 Å². The molecule has 150 valence electrons. The van der Waals surface area contributed by atoms with Crippen molar-refractivity contribution in [3.8, 4) is 0 Å². The van der Waals surface area contributed by atoms with E-state index in [-0.39, 0.29) is 18.4 Å². The van der Waals surface area contributed by atoms with Gasteiger partial charge in [0.15, 0.2) is 0 Å². The molecule has 0 spiro atoms. The van der Waals surface area contributed by atoms with Crippen LogP contribution in [0.3, 0.4) is 0 Å². The minimum Gasteiger partial charge on any atom is -0.368 e. The van der Waals surface area contributed by atoms with Gasteiger partial charge in [0.25, 0.3) is 5.91 Å². The van der Waals surface area contributed by atoms with E-state index in [0.29, 0.717) is 23.7 Å². The van der Waals surface area contributed by atoms with Gasteiger partial charge in [0.2, 0.25) is 5.91 Å². The Kier molecular flexibility index (Phi) is 5.45. The summed E-state index contributed by atoms with van der Waals surface area (Å²) in [5, 5.41) is 1.58. The van der Waals surface area contributed by atoms with Gasteiger partial charge in [-0.3, -0.25) is 9.59 Å². The molecule has 0 bridgehead atoms. The second-order valence-electron chi connectivity index (χ2n) is 7.25. The van der Waals surface area contributed by atoms with E-state index in [4.69, 9.17) is 11.6 Å². The number of fused-ring (bicyclic) bond motifs is 1. The van der Waals surface area contributed by atoms with Gasteiger partial charge in [-0.15, -0.1) is 0 Å². The molecular formula is C22H23ClN4O2. The van der Waals surface area contributed by atoms with Gasteiger partial charge < -0.3 is 19.7 Å². The van der Waals surface area contributed by atoms with Crippen molar-refractivity contribution in [1.29, 1.82) is 0 Å². The zero-order chi connectivity index (χ0) is 20.4. The second kappa shape index (κ2) is 8.17. The van der Waals surface area contributed by atoms with Gasteiger partial charge in [-0.25, -0.2) is 0 Å². The average molecular weight is 411 g/mol. The molecule has 0 saturated carbocycles. The first kappa shape index (κ1) is 19.3. The maximum Gasteiger partial charge on any atom is 0.256 e. The van der Waals surface area contributed by atoms with Crippen molar-refractivity contribution in [1.82, 2.24) is 14.8 Å². The topological polar surface area (TPSA) is 59.7 Å². The normalized spacial score (nSPS) is 14.3. The Morgan fingerprint density at radius 1 is 1.03 bits per heavy atom. The van der Waals surface area contributed by atoms with Crippen LogP contribution >= 0.6 is 11.6 Å². The molecule has 1 aliphatic rings. The molecule has 6 nitrogen and oxygen atoms in total. The smallest absolute Gasteiger partial charge is 0.256 e. The molecule has 1 N–H and O–H groups in total. The lowest BCUT2D eigenvalue weighted by molar-refractivity contribution is -0.131. The molecule has 4 rings (SSSR count). The van der Waals surface area contributed by atoms with Gasteiger partial charge in [0.1, 0.15) is 0 Å². The number of para-hydroxylation sites is 1. The van der Waals surface area contributed by atoms with Crippen LogP contribution in [0.5, 0.6) is 0 Å². The molecule has 0 radical (unpaired) electrons. The fraction of sp³-hybridized carbons (Fsp3) is 0.273. The fourth-order valence-electron chi connectivity index (χ4n) is 3.69. The van der Waals surface area contributed by atoms with E-state index < -0.39 is 0 Å².